The van der Waals surface area contributed by atoms with E-state index in [0.29, 0.717) is 15.5 Å². The summed E-state index contributed by atoms with van der Waals surface area (Å²) in [6, 6.07) is 15.6. The van der Waals surface area contributed by atoms with E-state index in [1.807, 2.05) is 0 Å². The van der Waals surface area contributed by atoms with Crippen molar-refractivity contribution in [1.29, 1.82) is 0 Å². The number of nitrogens with zero attached hydrogens (tertiary/aromatic N) is 2. The highest BCUT2D eigenvalue weighted by Gasteiger charge is 2.57. The molecule has 14 nitrogen and oxygen atoms in total. The van der Waals surface area contributed by atoms with Crippen molar-refractivity contribution in [1.82, 2.24) is 4.57 Å². The average Bonchev–Trinajstić information content (AvgIpc) is 3.51. The number of hydrogen-bond donors (Lipinski definition) is 3. The van der Waals surface area contributed by atoms with Crippen LogP contribution in [0.25, 0.3) is 0 Å². The zero-order valence-corrected chi connectivity index (χ0v) is 28.3. The molecule has 17 heteroatoms. The summed E-state index contributed by atoms with van der Waals surface area (Å²) in [6.07, 6.45) is 0. The maximum absolute atomic E-state index is 14.2. The van der Waals surface area contributed by atoms with E-state index in [0.717, 1.165) is 28.0 Å². The van der Waals surface area contributed by atoms with E-state index >= 15 is 0 Å². The van der Waals surface area contributed by atoms with Crippen molar-refractivity contribution in [3.63, 3.8) is 0 Å². The zero-order valence-electron chi connectivity index (χ0n) is 25.8. The van der Waals surface area contributed by atoms with Crippen molar-refractivity contribution in [3.8, 4) is 11.5 Å². The Balaban J connectivity index is 1.37. The minimum Gasteiger partial charge on any atom is -0.504 e. The van der Waals surface area contributed by atoms with Crippen LogP contribution in [0.1, 0.15) is 33.6 Å². The Morgan fingerprint density at radius 2 is 1.69 bits per heavy atom. The minimum absolute atomic E-state index is 0.122. The van der Waals surface area contributed by atoms with Crippen LogP contribution in [0.3, 0.4) is 0 Å². The third-order valence-electron chi connectivity index (χ3n) is 8.02. The summed E-state index contributed by atoms with van der Waals surface area (Å²) < 4.78 is 34.7. The van der Waals surface area contributed by atoms with Crippen LogP contribution in [0.5, 0.6) is 11.5 Å². The van der Waals surface area contributed by atoms with Gasteiger partial charge in [0.05, 0.1) is 40.8 Å². The molecule has 1 fully saturated rings. The number of carbonyl (C=O) groups is 4. The first kappa shape index (κ1) is 33.9. The highest BCUT2D eigenvalue weighted by Crippen LogP contribution is 2.54. The van der Waals surface area contributed by atoms with Crippen molar-refractivity contribution in [2.24, 2.45) is 11.1 Å². The molecule has 0 radical (unpaired) electrons. The maximum Gasteiger partial charge on any atom is 0.338 e. The van der Waals surface area contributed by atoms with Crippen LogP contribution in [-0.2, 0) is 35.7 Å². The van der Waals surface area contributed by atoms with Crippen molar-refractivity contribution in [3.05, 3.63) is 92.4 Å². The molecule has 3 atom stereocenters. The smallest absolute Gasteiger partial charge is 0.338 e. The molecule has 3 aromatic carbocycles. The van der Waals surface area contributed by atoms with Gasteiger partial charge in [-0.05, 0) is 73.2 Å². The predicted molar refractivity (Wildman–Crippen MR) is 180 cm³/mol. The predicted octanol–water partition coefficient (Wildman–Crippen LogP) is 2.88. The topological polar surface area (TPSA) is 204 Å². The van der Waals surface area contributed by atoms with Crippen LogP contribution in [0.4, 0.5) is 11.4 Å². The largest absolute Gasteiger partial charge is 0.504 e. The number of rotatable bonds is 9. The highest BCUT2D eigenvalue weighted by molar-refractivity contribution is 8.00. The number of sulfonamides is 1. The summed E-state index contributed by atoms with van der Waals surface area (Å²) in [5, 5.41) is 17.4. The Morgan fingerprint density at radius 1 is 1.00 bits per heavy atom. The molecule has 49 heavy (non-hydrogen) atoms. The fraction of sp³-hybridized carbons (Fsp3) is 0.219. The summed E-state index contributed by atoms with van der Waals surface area (Å²) in [5.74, 6) is -4.05. The number of nitrogens with two attached hydrogens (primary N) is 1. The fourth-order valence-corrected chi connectivity index (χ4v) is 9.08. The molecule has 0 aliphatic carbocycles. The average molecular weight is 725 g/mol. The number of fused-ring (bicyclic) bond motifs is 2. The fourth-order valence-electron chi connectivity index (χ4n) is 5.79. The molecule has 1 saturated heterocycles. The number of aromatic hydroxyl groups is 1. The van der Waals surface area contributed by atoms with E-state index in [1.54, 1.807) is 13.0 Å². The summed E-state index contributed by atoms with van der Waals surface area (Å²) in [7, 11) is -2.57. The van der Waals surface area contributed by atoms with Crippen LogP contribution >= 0.6 is 23.1 Å². The van der Waals surface area contributed by atoms with Crippen LogP contribution in [0.15, 0.2) is 81.4 Å². The lowest BCUT2D eigenvalue weighted by Gasteiger charge is -2.31. The van der Waals surface area contributed by atoms with Gasteiger partial charge in [-0.1, -0.05) is 29.2 Å². The number of imide groups is 1. The number of esters is 1. The van der Waals surface area contributed by atoms with Crippen molar-refractivity contribution < 1.29 is 42.2 Å². The molecule has 3 amide bonds. The maximum atomic E-state index is 14.2. The first-order valence-corrected chi connectivity index (χ1v) is 17.9. The third-order valence-corrected chi connectivity index (χ3v) is 11.6. The number of phenolic OH excluding ortho intramolecular Hbond substituents is 1. The van der Waals surface area contributed by atoms with Crippen LogP contribution in [0.2, 0.25) is 0 Å². The number of benzene rings is 3. The molecule has 6 rings (SSSR count). The summed E-state index contributed by atoms with van der Waals surface area (Å²) in [4.78, 5) is 67.8. The normalized spacial score (nSPS) is 18.5. The zero-order chi connectivity index (χ0) is 35.2. The Labute approximate surface area is 287 Å². The molecule has 0 bridgehead atoms. The van der Waals surface area contributed by atoms with Gasteiger partial charge in [0.2, 0.25) is 27.7 Å². The molecule has 4 aromatic rings. The first-order chi connectivity index (χ1) is 23.3. The van der Waals surface area contributed by atoms with Gasteiger partial charge in [-0.25, -0.2) is 23.3 Å². The molecular weight excluding hydrogens is 697 g/mol. The number of amides is 3. The number of hydrogen-bond acceptors (Lipinski definition) is 12. The van der Waals surface area contributed by atoms with E-state index in [1.165, 1.54) is 72.3 Å². The molecule has 0 unspecified atom stereocenters. The molecule has 4 N–H and O–H groups in total. The lowest BCUT2D eigenvalue weighted by molar-refractivity contribution is -0.122. The number of nitrogens with one attached hydrogen (secondary N) is 1. The summed E-state index contributed by atoms with van der Waals surface area (Å²) in [6.45, 7) is 1.41. The third kappa shape index (κ3) is 6.32. The molecule has 3 heterocycles. The second-order valence-corrected chi connectivity index (χ2v) is 14.7. The Morgan fingerprint density at radius 3 is 2.33 bits per heavy atom. The number of anilines is 2. The summed E-state index contributed by atoms with van der Waals surface area (Å²) in [5.41, 5.74) is 1.25. The van der Waals surface area contributed by atoms with E-state index in [2.05, 4.69) is 5.32 Å². The second-order valence-electron chi connectivity index (χ2n) is 11.0. The molecular formula is C32H28N4O10S3. The molecule has 0 spiro atoms. The van der Waals surface area contributed by atoms with Gasteiger partial charge in [0, 0.05) is 16.5 Å². The second kappa shape index (κ2) is 13.1. The van der Waals surface area contributed by atoms with Gasteiger partial charge in [0.15, 0.2) is 11.5 Å². The number of thioether (sulfide) groups is 1. The molecule has 2 aliphatic rings. The molecule has 0 saturated carbocycles. The van der Waals surface area contributed by atoms with Gasteiger partial charge in [0.1, 0.15) is 11.8 Å². The minimum atomic E-state index is -3.94. The number of ether oxygens (including phenoxy) is 2. The monoisotopic (exact) mass is 724 g/mol. The first-order valence-electron chi connectivity index (χ1n) is 14.7. The highest BCUT2D eigenvalue weighted by atomic mass is 32.2. The molecule has 2 aliphatic heterocycles. The molecule has 1 aromatic heterocycles. The molecule has 254 valence electrons. The van der Waals surface area contributed by atoms with Gasteiger partial charge < -0.3 is 19.9 Å². The van der Waals surface area contributed by atoms with Gasteiger partial charge in [0.25, 0.3) is 0 Å². The number of primary sulfonamides is 1. The summed E-state index contributed by atoms with van der Waals surface area (Å²) >= 11 is 1.85. The lowest BCUT2D eigenvalue weighted by Crippen LogP contribution is -2.33. The van der Waals surface area contributed by atoms with Crippen molar-refractivity contribution >= 4 is 68.2 Å². The van der Waals surface area contributed by atoms with Gasteiger partial charge in [-0.2, -0.15) is 0 Å². The van der Waals surface area contributed by atoms with E-state index < -0.39 is 62.2 Å². The van der Waals surface area contributed by atoms with Gasteiger partial charge in [-0.15, -0.1) is 0 Å². The van der Waals surface area contributed by atoms with E-state index in [4.69, 9.17) is 14.6 Å². The Kier molecular flexibility index (Phi) is 9.10. The standard InChI is InChI=1S/C32H28N4O10S3/c1-3-46-31(41)16-4-9-19(10-5-16)36-28(39)25-24(17-6-13-21(37)22(14-17)45-2)27-30(47-26(25)29(36)40)35(32(42)48-27)15-23(38)34-18-7-11-20(12-8-18)49(33,43)44/h4-14,24-26,37H,3,15H2,1-2H3,(H,34,38)(H2,33,43,44)/t24-,25+,26-/m0/s1. The van der Waals surface area contributed by atoms with Crippen molar-refractivity contribution in [2.45, 2.75) is 34.6 Å². The number of thiazole rings is 1. The quantitative estimate of drug-likeness (QED) is 0.169. The van der Waals surface area contributed by atoms with Crippen molar-refractivity contribution in [2.75, 3.05) is 23.9 Å². The lowest BCUT2D eigenvalue weighted by atomic mass is 9.83. The number of aromatic nitrogens is 1. The van der Waals surface area contributed by atoms with Gasteiger partial charge >= 0.3 is 10.8 Å². The van der Waals surface area contributed by atoms with Crippen LogP contribution in [-0.4, -0.2) is 60.7 Å². The number of methoxy groups -OCH3 is 1. The Bertz CT molecular complexity index is 2160. The number of carbonyl (C=O) groups excluding carboxylic acids is 4. The van der Waals surface area contributed by atoms with Crippen LogP contribution in [0, 0.1) is 5.92 Å². The Hall–Kier alpha value is -4.97. The van der Waals surface area contributed by atoms with E-state index in [9.17, 15) is 37.5 Å². The van der Waals surface area contributed by atoms with Crippen LogP contribution < -0.4 is 25.0 Å². The SMILES string of the molecule is CCOC(=O)c1ccc(N2C(=O)[C@@H]3[C@H](c4ccc(O)c(OC)c4)c4sc(=O)n(CC(=O)Nc5ccc(S(N)(=O)=O)cc5)c4S[C@@H]3C2=O)cc1. The van der Waals surface area contributed by atoms with E-state index in [-0.39, 0.29) is 39.9 Å². The van der Waals surface area contributed by atoms with Gasteiger partial charge in [-0.3, -0.25) is 23.7 Å². The number of phenols is 1.